The number of allylic oxidation sites excluding steroid dienone is 1. The van der Waals surface area contributed by atoms with E-state index < -0.39 is 0 Å². The van der Waals surface area contributed by atoms with Gasteiger partial charge in [-0.3, -0.25) is 0 Å². The molecule has 1 rings (SSSR count). The van der Waals surface area contributed by atoms with Crippen molar-refractivity contribution in [3.63, 3.8) is 0 Å². The van der Waals surface area contributed by atoms with E-state index in [1.54, 1.807) is 12.3 Å². The summed E-state index contributed by atoms with van der Waals surface area (Å²) in [5, 5.41) is 6.02. The normalized spacial score (nSPS) is 9.44. The molecular weight excluding hydrogens is 224 g/mol. The molecule has 0 saturated carbocycles. The zero-order valence-corrected chi connectivity index (χ0v) is 10.1. The van der Waals surface area contributed by atoms with Crippen LogP contribution in [-0.4, -0.2) is 6.03 Å². The highest BCUT2D eigenvalue weighted by Gasteiger charge is 1.98. The number of nitrogens with one attached hydrogen (secondary N) is 2. The Kier molecular flexibility index (Phi) is 4.86. The lowest BCUT2D eigenvalue weighted by molar-refractivity contribution is 0.243. The summed E-state index contributed by atoms with van der Waals surface area (Å²) >= 11 is 5.83. The summed E-state index contributed by atoms with van der Waals surface area (Å²) in [6, 6.07) is 7.17. The number of carbonyl (C=O) groups is 1. The number of hydrogen-bond donors (Lipinski definition) is 2. The van der Waals surface area contributed by atoms with Gasteiger partial charge < -0.3 is 10.6 Å². The van der Waals surface area contributed by atoms with Crippen molar-refractivity contribution < 1.29 is 4.79 Å². The Bertz CT molecular complexity index is 398. The molecule has 0 unspecified atom stereocenters. The number of halogens is 1. The highest BCUT2D eigenvalue weighted by atomic mass is 35.5. The average Bonchev–Trinajstić information content (AvgIpc) is 2.23. The van der Waals surface area contributed by atoms with Gasteiger partial charge in [-0.25, -0.2) is 4.79 Å². The third kappa shape index (κ3) is 4.84. The number of rotatable bonds is 3. The van der Waals surface area contributed by atoms with Gasteiger partial charge in [-0.05, 0) is 31.5 Å². The van der Waals surface area contributed by atoms with E-state index in [1.807, 2.05) is 32.0 Å². The van der Waals surface area contributed by atoms with E-state index in [0.29, 0.717) is 11.6 Å². The molecule has 0 heterocycles. The van der Waals surface area contributed by atoms with Crippen LogP contribution in [0, 0.1) is 0 Å². The van der Waals surface area contributed by atoms with Gasteiger partial charge in [-0.15, -0.1) is 0 Å². The van der Waals surface area contributed by atoms with E-state index >= 15 is 0 Å². The zero-order chi connectivity index (χ0) is 12.0. The molecule has 0 atom stereocenters. The second-order valence-electron chi connectivity index (χ2n) is 3.68. The van der Waals surface area contributed by atoms with E-state index in [2.05, 4.69) is 10.6 Å². The third-order valence-electron chi connectivity index (χ3n) is 1.83. The topological polar surface area (TPSA) is 41.1 Å². The molecule has 2 amide bonds. The largest absolute Gasteiger partial charge is 0.334 e. The second-order valence-corrected chi connectivity index (χ2v) is 4.12. The highest BCUT2D eigenvalue weighted by Crippen LogP contribution is 2.09. The first-order valence-corrected chi connectivity index (χ1v) is 5.38. The molecule has 16 heavy (non-hydrogen) atoms. The second kappa shape index (κ2) is 6.18. The summed E-state index contributed by atoms with van der Waals surface area (Å²) in [7, 11) is 0. The summed E-state index contributed by atoms with van der Waals surface area (Å²) in [6.45, 7) is 4.29. The molecular formula is C12H15ClN2O. The molecule has 2 N–H and O–H groups in total. The van der Waals surface area contributed by atoms with Crippen LogP contribution in [-0.2, 0) is 6.54 Å². The van der Waals surface area contributed by atoms with Crippen LogP contribution in [0.3, 0.4) is 0 Å². The smallest absolute Gasteiger partial charge is 0.319 e. The number of amides is 2. The molecule has 4 heteroatoms. The van der Waals surface area contributed by atoms with Crippen molar-refractivity contribution in [3.05, 3.63) is 46.6 Å². The minimum Gasteiger partial charge on any atom is -0.334 e. The number of hydrogen-bond acceptors (Lipinski definition) is 1. The van der Waals surface area contributed by atoms with Gasteiger partial charge in [0, 0.05) is 17.8 Å². The van der Waals surface area contributed by atoms with Gasteiger partial charge in [0.25, 0.3) is 0 Å². The van der Waals surface area contributed by atoms with Gasteiger partial charge in [-0.2, -0.15) is 0 Å². The monoisotopic (exact) mass is 238 g/mol. The Balaban J connectivity index is 2.40. The van der Waals surface area contributed by atoms with Crippen LogP contribution in [0.15, 0.2) is 36.0 Å². The van der Waals surface area contributed by atoms with E-state index in [9.17, 15) is 4.79 Å². The van der Waals surface area contributed by atoms with Crippen LogP contribution in [0.4, 0.5) is 4.79 Å². The lowest BCUT2D eigenvalue weighted by atomic mass is 10.2. The molecule has 0 aliphatic heterocycles. The molecule has 0 aliphatic carbocycles. The number of urea groups is 1. The average molecular weight is 239 g/mol. The molecule has 1 aromatic carbocycles. The molecule has 0 fully saturated rings. The van der Waals surface area contributed by atoms with Crippen molar-refractivity contribution >= 4 is 17.6 Å². The molecule has 0 radical (unpaired) electrons. The summed E-state index contributed by atoms with van der Waals surface area (Å²) < 4.78 is 0. The van der Waals surface area contributed by atoms with Crippen LogP contribution < -0.4 is 10.6 Å². The Morgan fingerprint density at radius 3 is 2.81 bits per heavy atom. The van der Waals surface area contributed by atoms with Crippen molar-refractivity contribution in [2.24, 2.45) is 0 Å². The van der Waals surface area contributed by atoms with Crippen molar-refractivity contribution in [2.75, 3.05) is 0 Å². The van der Waals surface area contributed by atoms with Crippen molar-refractivity contribution in [1.82, 2.24) is 10.6 Å². The van der Waals surface area contributed by atoms with Gasteiger partial charge in [-0.1, -0.05) is 29.3 Å². The van der Waals surface area contributed by atoms with E-state index in [4.69, 9.17) is 11.6 Å². The maximum absolute atomic E-state index is 11.3. The first kappa shape index (κ1) is 12.6. The standard InChI is InChI=1S/C12H15ClN2O/c1-9(2)7-14-12(16)15-8-10-4-3-5-11(13)6-10/h3-7H,8H2,1-2H3,(H2,14,15,16). The minimum atomic E-state index is -0.221. The summed E-state index contributed by atoms with van der Waals surface area (Å²) in [6.07, 6.45) is 1.66. The fraction of sp³-hybridized carbons (Fsp3) is 0.250. The predicted molar refractivity (Wildman–Crippen MR) is 66.3 cm³/mol. The third-order valence-corrected chi connectivity index (χ3v) is 2.07. The molecule has 1 aromatic rings. The van der Waals surface area contributed by atoms with Crippen LogP contribution in [0.5, 0.6) is 0 Å². The maximum atomic E-state index is 11.3. The predicted octanol–water partition coefficient (Wildman–Crippen LogP) is 3.06. The molecule has 0 saturated heterocycles. The highest BCUT2D eigenvalue weighted by molar-refractivity contribution is 6.30. The molecule has 0 aromatic heterocycles. The molecule has 3 nitrogen and oxygen atoms in total. The first-order chi connectivity index (χ1) is 7.58. The molecule has 0 aliphatic rings. The van der Waals surface area contributed by atoms with Crippen LogP contribution in [0.2, 0.25) is 5.02 Å². The molecule has 0 bridgehead atoms. The number of benzene rings is 1. The maximum Gasteiger partial charge on any atom is 0.319 e. The lowest BCUT2D eigenvalue weighted by Crippen LogP contribution is -2.31. The van der Waals surface area contributed by atoms with Gasteiger partial charge in [0.1, 0.15) is 0 Å². The Morgan fingerprint density at radius 2 is 2.19 bits per heavy atom. The zero-order valence-electron chi connectivity index (χ0n) is 9.38. The fourth-order valence-electron chi connectivity index (χ4n) is 1.09. The number of carbonyl (C=O) groups excluding carboxylic acids is 1. The SMILES string of the molecule is CC(C)=CNC(=O)NCc1cccc(Cl)c1. The van der Waals surface area contributed by atoms with Crippen molar-refractivity contribution in [2.45, 2.75) is 20.4 Å². The lowest BCUT2D eigenvalue weighted by Gasteiger charge is -2.05. The van der Waals surface area contributed by atoms with Crippen LogP contribution >= 0.6 is 11.6 Å². The van der Waals surface area contributed by atoms with Crippen molar-refractivity contribution in [1.29, 1.82) is 0 Å². The minimum absolute atomic E-state index is 0.221. The van der Waals surface area contributed by atoms with Crippen LogP contribution in [0.25, 0.3) is 0 Å². The van der Waals surface area contributed by atoms with Gasteiger partial charge in [0.15, 0.2) is 0 Å². The Labute approximate surface area is 100 Å². The van der Waals surface area contributed by atoms with Crippen molar-refractivity contribution in [3.8, 4) is 0 Å². The van der Waals surface area contributed by atoms with Gasteiger partial charge in [0.05, 0.1) is 0 Å². The summed E-state index contributed by atoms with van der Waals surface area (Å²) in [5.41, 5.74) is 2.01. The Morgan fingerprint density at radius 1 is 1.44 bits per heavy atom. The first-order valence-electron chi connectivity index (χ1n) is 5.00. The van der Waals surface area contributed by atoms with E-state index in [1.165, 1.54) is 0 Å². The summed E-state index contributed by atoms with van der Waals surface area (Å²) in [4.78, 5) is 11.3. The fourth-order valence-corrected chi connectivity index (χ4v) is 1.30. The van der Waals surface area contributed by atoms with Crippen LogP contribution in [0.1, 0.15) is 19.4 Å². The quantitative estimate of drug-likeness (QED) is 0.835. The Hall–Kier alpha value is -1.48. The van der Waals surface area contributed by atoms with E-state index in [-0.39, 0.29) is 6.03 Å². The molecule has 86 valence electrons. The summed E-state index contributed by atoms with van der Waals surface area (Å²) in [5.74, 6) is 0. The molecule has 0 spiro atoms. The van der Waals surface area contributed by atoms with E-state index in [0.717, 1.165) is 11.1 Å². The van der Waals surface area contributed by atoms with Gasteiger partial charge >= 0.3 is 6.03 Å². The van der Waals surface area contributed by atoms with Gasteiger partial charge in [0.2, 0.25) is 0 Å².